The van der Waals surface area contributed by atoms with Crippen LogP contribution in [0.2, 0.25) is 0 Å². The van der Waals surface area contributed by atoms with Crippen LogP contribution in [-0.4, -0.2) is 445 Å². The van der Waals surface area contributed by atoms with Gasteiger partial charge in [0.25, 0.3) is 0 Å². The lowest BCUT2D eigenvalue weighted by atomic mass is 9.33. The van der Waals surface area contributed by atoms with Crippen LogP contribution in [0.25, 0.3) is 0 Å². The molecule has 0 aromatic carbocycles. The van der Waals surface area contributed by atoms with Crippen LogP contribution in [0.1, 0.15) is 127 Å². The van der Waals surface area contributed by atoms with E-state index in [0.29, 0.717) is 19.3 Å². The second-order valence-corrected chi connectivity index (χ2v) is 39.4. The van der Waals surface area contributed by atoms with E-state index in [4.69, 9.17) is 90.0 Å². The molecule has 0 amide bonds. The van der Waals surface area contributed by atoms with Gasteiger partial charge < -0.3 is 212 Å². The van der Waals surface area contributed by atoms with Crippen LogP contribution in [0.4, 0.5) is 0 Å². The summed E-state index contributed by atoms with van der Waals surface area (Å²) >= 11 is 0. The fraction of sp³-hybridized carbons (Fsp3) is 0.928. The van der Waals surface area contributed by atoms with Crippen LogP contribution in [-0.2, 0) is 109 Å². The highest BCUT2D eigenvalue weighted by Gasteiger charge is 2.74. The Morgan fingerprint density at radius 1 is 0.457 bits per heavy atom. The van der Waals surface area contributed by atoms with Gasteiger partial charge in [0.05, 0.1) is 75.6 Å². The maximum atomic E-state index is 16.7. The lowest BCUT2D eigenvalue weighted by Gasteiger charge is -2.71. The summed E-state index contributed by atoms with van der Waals surface area (Å²) in [6.45, 7) is 12.1. The number of rotatable bonds is 24. The quantitative estimate of drug-likeness (QED) is 0.0185. The molecule has 0 aromatic rings. The third-order valence-electron chi connectivity index (χ3n) is 31.0. The minimum absolute atomic E-state index is 0.0230. The average Bonchev–Trinajstić information content (AvgIpc) is 1.14. The maximum Gasteiger partial charge on any atom is 0.335 e. The van der Waals surface area contributed by atoms with Crippen molar-refractivity contribution in [3.05, 3.63) is 11.6 Å². The van der Waals surface area contributed by atoms with E-state index in [-0.39, 0.29) is 44.4 Å². The molecule has 129 heavy (non-hydrogen) atoms. The zero-order valence-electron chi connectivity index (χ0n) is 72.9. The molecule has 14 aliphatic rings. The number of ether oxygens (including phenoxy) is 19. The molecule has 0 bridgehead atoms. The number of carbonyl (C=O) groups excluding carboxylic acids is 3. The number of esters is 2. The van der Waals surface area contributed by atoms with E-state index in [2.05, 4.69) is 19.9 Å². The highest BCUT2D eigenvalue weighted by atomic mass is 16.8. The van der Waals surface area contributed by atoms with Gasteiger partial charge in [-0.3, -0.25) is 9.59 Å². The molecule has 4 saturated carbocycles. The molecular weight excluding hydrogens is 1730 g/mol. The van der Waals surface area contributed by atoms with Gasteiger partial charge >= 0.3 is 17.9 Å². The van der Waals surface area contributed by atoms with Crippen molar-refractivity contribution < 1.29 is 227 Å². The van der Waals surface area contributed by atoms with Gasteiger partial charge in [-0.1, -0.05) is 53.2 Å². The van der Waals surface area contributed by atoms with Crippen LogP contribution in [0.15, 0.2) is 11.6 Å². The molecule has 5 aliphatic carbocycles. The molecule has 9 heterocycles. The third-order valence-corrected chi connectivity index (χ3v) is 31.0. The first-order valence-electron chi connectivity index (χ1n) is 44.1. The summed E-state index contributed by atoms with van der Waals surface area (Å²) in [5.74, 6) is -5.60. The molecule has 13 fully saturated rings. The van der Waals surface area contributed by atoms with Gasteiger partial charge in [-0.15, -0.1) is 0 Å². The van der Waals surface area contributed by atoms with Gasteiger partial charge in [0.2, 0.25) is 6.29 Å². The van der Waals surface area contributed by atoms with E-state index >= 15 is 4.79 Å². The molecule has 9 aliphatic heterocycles. The van der Waals surface area contributed by atoms with Gasteiger partial charge in [-0.05, 0) is 118 Å². The molecule has 51 atom stereocenters. The Bertz CT molecular complexity index is 3890. The Balaban J connectivity index is 0.780. The third kappa shape index (κ3) is 18.0. The summed E-state index contributed by atoms with van der Waals surface area (Å²) in [6, 6.07) is 0. The number of carbonyl (C=O) groups is 4. The van der Waals surface area contributed by atoms with E-state index in [9.17, 15) is 132 Å². The highest BCUT2D eigenvalue weighted by molar-refractivity contribution is 5.80. The zero-order chi connectivity index (χ0) is 94.2. The molecule has 738 valence electrons. The van der Waals surface area contributed by atoms with Crippen molar-refractivity contribution in [2.75, 3.05) is 39.6 Å². The summed E-state index contributed by atoms with van der Waals surface area (Å²) < 4.78 is 117. The minimum atomic E-state index is -2.36. The number of fused-ring (bicyclic) bond motifs is 7. The van der Waals surface area contributed by atoms with Crippen molar-refractivity contribution >= 4 is 24.2 Å². The molecule has 0 radical (unpaired) electrons. The SMILES string of the molecule is CC(=O)O[C@@H]1[C@H](O[C@@H]2O[C@@H](C)[C@H](O)[C@@H](O)[C@H]2O)[C@@H](O[C@@H]2O[C@@H](C)[C@H](O[C@@H]3OC[C@@H](O)[C@H](O[C@@H]4OC[C@](O)(CO)[C@H]4O)[C@H]3O)[C@@H](O[C@@H]3O[C@H](CO)[C@@H](O)[C@H](O)[C@H]3O)[C@H]2O)[C@H](OC(=O)[C@]23CCC(C)(C)C[C@H]2C2=CCC4[C@@]5(C)CC[C@H](O[C@@H]6O[C@H](C(=O)O)[C@@H](O)[C@H](O[C@@H]7OC[C@@H](O)[C@H](O)[C@H]7O)[C@H]6O[C@@H]6O[C@H](CO)[C@H](O)[C@H](O)[C@H]6O)[C@@](C)(C=O)C5CC[C@@]4(C)[C@]2(C)C[C@H]3O)O[C@@H]1C. The molecule has 23 N–H and O–H groups in total. The van der Waals surface area contributed by atoms with Crippen molar-refractivity contribution in [3.8, 4) is 0 Å². The summed E-state index contributed by atoms with van der Waals surface area (Å²) in [5, 5.41) is 257. The summed E-state index contributed by atoms with van der Waals surface area (Å²) in [7, 11) is 0. The van der Waals surface area contributed by atoms with Crippen molar-refractivity contribution in [2.45, 2.75) is 391 Å². The zero-order valence-corrected chi connectivity index (χ0v) is 72.9. The van der Waals surface area contributed by atoms with Crippen LogP contribution in [0.5, 0.6) is 0 Å². The predicted molar refractivity (Wildman–Crippen MR) is 416 cm³/mol. The molecule has 0 aromatic heterocycles. The standard InChI is InChI=1S/C83H130O46/c1-28-42(92)46(96)50(100)69(114-28)126-62-57(117-31(4)88)30(3)116-73(64(62)128-72-55(105)60(124-70-51(101)47(97)44(94)36(21-84)118-70)56(29(2)115-72)121-68-54(104)58(35(90)24-112-68)122-75-65(106)82(110,26-87)27-113-75)129-76(109)83-18-17-77(5,6)19-33(83)32-11-12-39-78(7)15-14-41(79(8,25-86)38(78)13-16-80(39,9)81(32,10)20-40(83)91)120-74-63(127-71-52(102)48(98)45(95)37(22-85)119-71)59(53(103)61(125-74)66(107)108)123-67-49(99)43(93)34(89)23-111-67/h11,25,28-30,33-65,67-75,84-85,87,89-106,110H,12-24,26-27H2,1-10H3,(H,107,108)/t28-,29-,30+,33-,34+,35+,36+,37+,38?,39?,40+,41-,42-,43-,44+,45-,46+,47-,48-,49+,50+,51+,52+,53-,54+,55+,56-,57-,58-,59-,60-,61-,62-,63+,64+,65-,67-,68-,69-,70-,71-,72-,73-,74+,75-,78-,79-,80+,81+,82+,83+/m0/s1. The Morgan fingerprint density at radius 2 is 0.961 bits per heavy atom. The molecule has 2 unspecified atom stereocenters. The van der Waals surface area contributed by atoms with Gasteiger partial charge in [0.1, 0.15) is 170 Å². The number of allylic oxidation sites excluding steroid dienone is 2. The molecule has 46 heteroatoms. The van der Waals surface area contributed by atoms with E-state index in [0.717, 1.165) is 18.8 Å². The molecule has 0 spiro atoms. The Kier molecular flexibility index (Phi) is 30.2. The van der Waals surface area contributed by atoms with Crippen molar-refractivity contribution in [2.24, 2.45) is 50.2 Å². The van der Waals surface area contributed by atoms with E-state index in [1.54, 1.807) is 6.92 Å². The fourth-order valence-corrected chi connectivity index (χ4v) is 23.2. The number of aliphatic carboxylic acids is 1. The number of hydrogen-bond donors (Lipinski definition) is 23. The van der Waals surface area contributed by atoms with Crippen LogP contribution >= 0.6 is 0 Å². The topological polar surface area (TPSA) is 709 Å². The molecule has 14 rings (SSSR count). The highest BCUT2D eigenvalue weighted by Crippen LogP contribution is 2.76. The molecule has 46 nitrogen and oxygen atoms in total. The van der Waals surface area contributed by atoms with Gasteiger partial charge in [0.15, 0.2) is 68.6 Å². The largest absolute Gasteiger partial charge is 0.479 e. The second-order valence-electron chi connectivity index (χ2n) is 39.4. The van der Waals surface area contributed by atoms with Crippen LogP contribution < -0.4 is 0 Å². The van der Waals surface area contributed by atoms with Gasteiger partial charge in [-0.25, -0.2) is 4.79 Å². The first-order chi connectivity index (χ1) is 60.5. The van der Waals surface area contributed by atoms with Crippen molar-refractivity contribution in [3.63, 3.8) is 0 Å². The molecular formula is C83H130O46. The van der Waals surface area contributed by atoms with E-state index < -0.39 is 366 Å². The number of hydrogen-bond acceptors (Lipinski definition) is 45. The van der Waals surface area contributed by atoms with Crippen molar-refractivity contribution in [1.82, 2.24) is 0 Å². The molecule has 9 saturated heterocycles. The number of aldehydes is 1. The second kappa shape index (κ2) is 38.6. The minimum Gasteiger partial charge on any atom is -0.479 e. The number of aliphatic hydroxyl groups is 22. The first kappa shape index (κ1) is 101. The van der Waals surface area contributed by atoms with Gasteiger partial charge in [-0.2, -0.15) is 0 Å². The Morgan fingerprint density at radius 3 is 1.55 bits per heavy atom. The van der Waals surface area contributed by atoms with Crippen LogP contribution in [0, 0.1) is 50.2 Å². The van der Waals surface area contributed by atoms with E-state index in [1.807, 2.05) is 20.8 Å². The maximum absolute atomic E-state index is 16.7. The summed E-state index contributed by atoms with van der Waals surface area (Å²) in [4.78, 5) is 57.7. The normalized spacial score (nSPS) is 54.1. The van der Waals surface area contributed by atoms with Crippen molar-refractivity contribution in [1.29, 1.82) is 0 Å². The number of aliphatic hydroxyl groups excluding tert-OH is 21. The Labute approximate surface area is 740 Å². The lowest BCUT2D eigenvalue weighted by molar-refractivity contribution is -0.404. The average molecular weight is 1860 g/mol. The predicted octanol–water partition coefficient (Wildman–Crippen LogP) is -9.10. The smallest absolute Gasteiger partial charge is 0.335 e. The summed E-state index contributed by atoms with van der Waals surface area (Å²) in [6.07, 6.45) is -75.7. The van der Waals surface area contributed by atoms with Gasteiger partial charge in [0, 0.05) is 6.92 Å². The summed E-state index contributed by atoms with van der Waals surface area (Å²) in [5.41, 5.74) is -8.00. The van der Waals surface area contributed by atoms with E-state index in [1.165, 1.54) is 20.8 Å². The van der Waals surface area contributed by atoms with Crippen LogP contribution in [0.3, 0.4) is 0 Å². The monoisotopic (exact) mass is 1860 g/mol. The number of carboxylic acids is 1. The number of carboxylic acid groups (broad SMARTS) is 1. The lowest BCUT2D eigenvalue weighted by Crippen LogP contribution is -2.70. The Hall–Kier alpha value is -3.74. The fourth-order valence-electron chi connectivity index (χ4n) is 23.2. The first-order valence-corrected chi connectivity index (χ1v) is 44.1.